The van der Waals surface area contributed by atoms with Crippen molar-refractivity contribution in [2.75, 3.05) is 14.1 Å². The number of hydrogen-bond donors (Lipinski definition) is 2. The molecule has 2 aromatic rings. The summed E-state index contributed by atoms with van der Waals surface area (Å²) in [4.78, 5) is 42.0. The second-order valence-corrected chi connectivity index (χ2v) is 8.72. The molecule has 1 aliphatic rings. The number of pyridine rings is 1. The molecule has 2 amide bonds. The molecule has 0 aliphatic heterocycles. The maximum absolute atomic E-state index is 13.1. The van der Waals surface area contributed by atoms with Crippen molar-refractivity contribution >= 4 is 18.0 Å². The minimum absolute atomic E-state index is 0.144. The Labute approximate surface area is 194 Å². The summed E-state index contributed by atoms with van der Waals surface area (Å²) >= 11 is 0. The number of carboxylic acids is 1. The molecule has 0 unspecified atom stereocenters. The van der Waals surface area contributed by atoms with Crippen LogP contribution < -0.4 is 10.1 Å². The zero-order valence-corrected chi connectivity index (χ0v) is 19.1. The van der Waals surface area contributed by atoms with Gasteiger partial charge in [0.25, 0.3) is 0 Å². The van der Waals surface area contributed by atoms with E-state index in [0.717, 1.165) is 43.2 Å². The number of amides is 2. The minimum Gasteiger partial charge on any atom is -0.480 e. The highest BCUT2D eigenvalue weighted by Gasteiger charge is 2.33. The summed E-state index contributed by atoms with van der Waals surface area (Å²) in [5.74, 6) is -0.928. The molecular formula is C25H31N3O5. The first-order chi connectivity index (χ1) is 15.8. The number of aromatic nitrogens is 1. The average Bonchev–Trinajstić information content (AvgIpc) is 2.80. The van der Waals surface area contributed by atoms with Crippen LogP contribution in [0.5, 0.6) is 5.75 Å². The molecule has 1 aromatic carbocycles. The Hall–Kier alpha value is -3.42. The van der Waals surface area contributed by atoms with E-state index in [9.17, 15) is 19.5 Å². The third kappa shape index (κ3) is 7.03. The van der Waals surface area contributed by atoms with Crippen LogP contribution in [0, 0.1) is 11.8 Å². The van der Waals surface area contributed by atoms with Gasteiger partial charge >= 0.3 is 12.1 Å². The van der Waals surface area contributed by atoms with E-state index in [1.54, 1.807) is 50.8 Å². The quantitative estimate of drug-likeness (QED) is 0.635. The van der Waals surface area contributed by atoms with E-state index in [1.165, 1.54) is 4.90 Å². The number of nitrogens with zero attached hydrogens (tertiary/aromatic N) is 2. The smallest absolute Gasteiger partial charge is 0.414 e. The standard InChI is InChI=1S/C25H31N3O5/c1-28(2)25(32)33-20-9-7-17(8-10-20)16-22(24(30)31)27-23(29)21-6-4-3-5-19(21)15-18-11-13-26-14-12-18/h7-14,19,21-22H,3-6,15-16H2,1-2H3,(H,27,29)(H,30,31)/t19-,21+,22+/m1/s1. The van der Waals surface area contributed by atoms with Crippen molar-refractivity contribution in [1.29, 1.82) is 0 Å². The predicted molar refractivity (Wildman–Crippen MR) is 123 cm³/mol. The number of ether oxygens (including phenoxy) is 1. The first-order valence-electron chi connectivity index (χ1n) is 11.2. The van der Waals surface area contributed by atoms with E-state index in [4.69, 9.17) is 4.74 Å². The molecule has 176 valence electrons. The number of benzene rings is 1. The summed E-state index contributed by atoms with van der Waals surface area (Å²) in [6.45, 7) is 0. The van der Waals surface area contributed by atoms with Gasteiger partial charge in [-0.2, -0.15) is 0 Å². The van der Waals surface area contributed by atoms with E-state index >= 15 is 0 Å². The Morgan fingerprint density at radius 2 is 1.73 bits per heavy atom. The fourth-order valence-electron chi connectivity index (χ4n) is 4.22. The van der Waals surface area contributed by atoms with Crippen molar-refractivity contribution < 1.29 is 24.2 Å². The van der Waals surface area contributed by atoms with Crippen LogP contribution in [0.1, 0.15) is 36.8 Å². The van der Waals surface area contributed by atoms with Crippen molar-refractivity contribution in [3.05, 3.63) is 59.9 Å². The lowest BCUT2D eigenvalue weighted by molar-refractivity contribution is -0.143. The van der Waals surface area contributed by atoms with E-state index < -0.39 is 18.1 Å². The summed E-state index contributed by atoms with van der Waals surface area (Å²) in [6, 6.07) is 9.52. The Bertz CT molecular complexity index is 946. The summed E-state index contributed by atoms with van der Waals surface area (Å²) < 4.78 is 5.18. The van der Waals surface area contributed by atoms with Gasteiger partial charge in [-0.15, -0.1) is 0 Å². The van der Waals surface area contributed by atoms with Crippen molar-refractivity contribution in [3.8, 4) is 5.75 Å². The number of aliphatic carboxylic acids is 1. The predicted octanol–water partition coefficient (Wildman–Crippen LogP) is 3.30. The van der Waals surface area contributed by atoms with E-state index in [1.807, 2.05) is 12.1 Å². The monoisotopic (exact) mass is 453 g/mol. The largest absolute Gasteiger partial charge is 0.480 e. The summed E-state index contributed by atoms with van der Waals surface area (Å²) in [7, 11) is 3.18. The van der Waals surface area contributed by atoms with Crippen LogP contribution in [0.3, 0.4) is 0 Å². The summed E-state index contributed by atoms with van der Waals surface area (Å²) in [5.41, 5.74) is 1.86. The van der Waals surface area contributed by atoms with Gasteiger partial charge in [0.2, 0.25) is 5.91 Å². The van der Waals surface area contributed by atoms with E-state index in [-0.39, 0.29) is 24.2 Å². The number of hydrogen-bond acceptors (Lipinski definition) is 5. The molecule has 1 saturated carbocycles. The molecule has 0 saturated heterocycles. The van der Waals surface area contributed by atoms with Crippen LogP contribution in [-0.2, 0) is 22.4 Å². The van der Waals surface area contributed by atoms with Gasteiger partial charge in [-0.25, -0.2) is 9.59 Å². The number of carbonyl (C=O) groups excluding carboxylic acids is 2. The van der Waals surface area contributed by atoms with Crippen molar-refractivity contribution in [3.63, 3.8) is 0 Å². The molecule has 3 atom stereocenters. The summed E-state index contributed by atoms with van der Waals surface area (Å²) in [5, 5.41) is 12.5. The van der Waals surface area contributed by atoms with Crippen LogP contribution in [-0.4, -0.2) is 53.1 Å². The first-order valence-corrected chi connectivity index (χ1v) is 11.2. The minimum atomic E-state index is -1.08. The van der Waals surface area contributed by atoms with Gasteiger partial charge in [0.05, 0.1) is 0 Å². The topological polar surface area (TPSA) is 109 Å². The molecule has 8 nitrogen and oxygen atoms in total. The number of carbonyl (C=O) groups is 3. The van der Waals surface area contributed by atoms with Gasteiger partial charge in [0.15, 0.2) is 0 Å². The molecule has 1 aromatic heterocycles. The maximum atomic E-state index is 13.1. The molecule has 0 spiro atoms. The lowest BCUT2D eigenvalue weighted by atomic mass is 9.75. The molecule has 1 aliphatic carbocycles. The van der Waals surface area contributed by atoms with Crippen LogP contribution in [0.15, 0.2) is 48.8 Å². The Morgan fingerprint density at radius 3 is 2.36 bits per heavy atom. The molecule has 0 bridgehead atoms. The third-order valence-corrected chi connectivity index (χ3v) is 6.04. The van der Waals surface area contributed by atoms with Crippen LogP contribution in [0.2, 0.25) is 0 Å². The van der Waals surface area contributed by atoms with Crippen molar-refractivity contribution in [2.45, 2.75) is 44.6 Å². The number of rotatable bonds is 8. The zero-order valence-electron chi connectivity index (χ0n) is 19.1. The van der Waals surface area contributed by atoms with Crippen LogP contribution in [0.4, 0.5) is 4.79 Å². The van der Waals surface area contributed by atoms with Crippen LogP contribution >= 0.6 is 0 Å². The molecule has 1 heterocycles. The fraction of sp³-hybridized carbons (Fsp3) is 0.440. The molecule has 0 radical (unpaired) electrons. The highest BCUT2D eigenvalue weighted by Crippen LogP contribution is 2.33. The molecular weight excluding hydrogens is 422 g/mol. The lowest BCUT2D eigenvalue weighted by Gasteiger charge is -2.31. The van der Waals surface area contributed by atoms with Gasteiger partial charge in [-0.05, 0) is 60.6 Å². The van der Waals surface area contributed by atoms with Gasteiger partial charge < -0.3 is 20.1 Å². The third-order valence-electron chi connectivity index (χ3n) is 6.04. The summed E-state index contributed by atoms with van der Waals surface area (Å²) in [6.07, 6.45) is 7.69. The highest BCUT2D eigenvalue weighted by atomic mass is 16.6. The molecule has 33 heavy (non-hydrogen) atoms. The number of carboxylic acid groups (broad SMARTS) is 1. The molecule has 3 rings (SSSR count). The molecule has 1 fully saturated rings. The lowest BCUT2D eigenvalue weighted by Crippen LogP contribution is -2.47. The molecule has 8 heteroatoms. The Kier molecular flexibility index (Phi) is 8.40. The van der Waals surface area contributed by atoms with Crippen LogP contribution in [0.25, 0.3) is 0 Å². The maximum Gasteiger partial charge on any atom is 0.414 e. The second kappa shape index (κ2) is 11.4. The Balaban J connectivity index is 1.63. The van der Waals surface area contributed by atoms with Gasteiger partial charge in [-0.3, -0.25) is 9.78 Å². The fourth-order valence-corrected chi connectivity index (χ4v) is 4.22. The van der Waals surface area contributed by atoms with Crippen molar-refractivity contribution in [2.24, 2.45) is 11.8 Å². The zero-order chi connectivity index (χ0) is 23.8. The van der Waals surface area contributed by atoms with Gasteiger partial charge in [-0.1, -0.05) is 25.0 Å². The first kappa shape index (κ1) is 24.2. The SMILES string of the molecule is CN(C)C(=O)Oc1ccc(C[C@H](NC(=O)[C@H]2CCCC[C@@H]2Cc2ccncc2)C(=O)O)cc1. The second-order valence-electron chi connectivity index (χ2n) is 8.72. The van der Waals surface area contributed by atoms with Gasteiger partial charge in [0.1, 0.15) is 11.8 Å². The average molecular weight is 454 g/mol. The van der Waals surface area contributed by atoms with E-state index in [0.29, 0.717) is 5.75 Å². The Morgan fingerprint density at radius 1 is 1.06 bits per heavy atom. The van der Waals surface area contributed by atoms with Crippen molar-refractivity contribution in [1.82, 2.24) is 15.2 Å². The normalized spacial score (nSPS) is 18.7. The molecule has 2 N–H and O–H groups in total. The van der Waals surface area contributed by atoms with Gasteiger partial charge in [0, 0.05) is 38.8 Å². The van der Waals surface area contributed by atoms with E-state index in [2.05, 4.69) is 10.3 Å². The number of nitrogens with one attached hydrogen (secondary N) is 1. The highest BCUT2D eigenvalue weighted by molar-refractivity contribution is 5.85.